The predicted octanol–water partition coefficient (Wildman–Crippen LogP) is 2.14. The van der Waals surface area contributed by atoms with Crippen LogP contribution in [0.2, 0.25) is 0 Å². The van der Waals surface area contributed by atoms with Crippen molar-refractivity contribution in [1.82, 2.24) is 10.2 Å². The molecule has 7 heteroatoms. The molecule has 0 fully saturated rings. The molecule has 110 valence electrons. The number of rotatable bonds is 5. The van der Waals surface area contributed by atoms with Crippen LogP contribution < -0.4 is 4.31 Å². The molecule has 0 saturated carbocycles. The standard InChI is InChI=1S/C14H16N4O2S/c1-11-14(12(2)17-16-11)21(19,20)18(10-6-9-15)13-7-4-3-5-8-13/h3-5,7-8H,6,10H2,1-2H3,(H,16,17). The van der Waals surface area contributed by atoms with Gasteiger partial charge in [0.25, 0.3) is 10.0 Å². The van der Waals surface area contributed by atoms with Crippen molar-refractivity contribution in [2.24, 2.45) is 0 Å². The highest BCUT2D eigenvalue weighted by molar-refractivity contribution is 7.93. The number of nitrogens with zero attached hydrogens (tertiary/aromatic N) is 3. The van der Waals surface area contributed by atoms with E-state index in [4.69, 9.17) is 5.26 Å². The summed E-state index contributed by atoms with van der Waals surface area (Å²) in [4.78, 5) is 0.171. The van der Waals surface area contributed by atoms with Crippen LogP contribution in [-0.2, 0) is 10.0 Å². The third kappa shape index (κ3) is 2.90. The van der Waals surface area contributed by atoms with Crippen LogP contribution in [0.15, 0.2) is 35.2 Å². The molecule has 2 aromatic rings. The minimum absolute atomic E-state index is 0.104. The number of H-pyrrole nitrogens is 1. The van der Waals surface area contributed by atoms with Gasteiger partial charge in [-0.25, -0.2) is 8.42 Å². The topological polar surface area (TPSA) is 89.8 Å². The number of hydrogen-bond acceptors (Lipinski definition) is 4. The zero-order valence-corrected chi connectivity index (χ0v) is 12.7. The maximum Gasteiger partial charge on any atom is 0.268 e. The van der Waals surface area contributed by atoms with Crippen molar-refractivity contribution in [3.8, 4) is 6.07 Å². The number of aromatic amines is 1. The third-order valence-electron chi connectivity index (χ3n) is 3.08. The quantitative estimate of drug-likeness (QED) is 0.916. The van der Waals surface area contributed by atoms with E-state index < -0.39 is 10.0 Å². The molecule has 1 heterocycles. The van der Waals surface area contributed by atoms with Crippen LogP contribution in [0.25, 0.3) is 0 Å². The molecule has 1 aromatic carbocycles. The van der Waals surface area contributed by atoms with Gasteiger partial charge >= 0.3 is 0 Å². The van der Waals surface area contributed by atoms with Crippen molar-refractivity contribution in [2.75, 3.05) is 10.8 Å². The van der Waals surface area contributed by atoms with Crippen molar-refractivity contribution in [2.45, 2.75) is 25.2 Å². The number of sulfonamides is 1. The van der Waals surface area contributed by atoms with E-state index in [0.717, 1.165) is 0 Å². The fourth-order valence-electron chi connectivity index (χ4n) is 2.16. The van der Waals surface area contributed by atoms with E-state index >= 15 is 0 Å². The van der Waals surface area contributed by atoms with Gasteiger partial charge in [-0.05, 0) is 26.0 Å². The lowest BCUT2D eigenvalue weighted by Crippen LogP contribution is -2.32. The van der Waals surface area contributed by atoms with Crippen LogP contribution in [0.5, 0.6) is 0 Å². The fraction of sp³-hybridized carbons (Fsp3) is 0.286. The van der Waals surface area contributed by atoms with E-state index in [1.165, 1.54) is 4.31 Å². The monoisotopic (exact) mass is 304 g/mol. The van der Waals surface area contributed by atoms with Gasteiger partial charge < -0.3 is 0 Å². The first-order valence-electron chi connectivity index (χ1n) is 6.44. The SMILES string of the molecule is Cc1n[nH]c(C)c1S(=O)(=O)N(CCC#N)c1ccccc1. The molecule has 6 nitrogen and oxygen atoms in total. The van der Waals surface area contributed by atoms with Crippen molar-refractivity contribution in [3.05, 3.63) is 41.7 Å². The Morgan fingerprint density at radius 1 is 1.29 bits per heavy atom. The highest BCUT2D eigenvalue weighted by Gasteiger charge is 2.29. The molecule has 0 atom stereocenters. The normalized spacial score (nSPS) is 11.1. The van der Waals surface area contributed by atoms with E-state index in [9.17, 15) is 8.42 Å². The van der Waals surface area contributed by atoms with Gasteiger partial charge in [0.05, 0.1) is 29.6 Å². The molecular formula is C14H16N4O2S. The Morgan fingerprint density at radius 2 is 1.95 bits per heavy atom. The second-order valence-electron chi connectivity index (χ2n) is 4.58. The second-order valence-corrected chi connectivity index (χ2v) is 6.38. The Labute approximate surface area is 124 Å². The minimum atomic E-state index is -3.76. The molecule has 2 rings (SSSR count). The lowest BCUT2D eigenvalue weighted by atomic mass is 10.3. The van der Waals surface area contributed by atoms with Crippen LogP contribution in [0.3, 0.4) is 0 Å². The number of anilines is 1. The van der Waals surface area contributed by atoms with Gasteiger partial charge in [-0.15, -0.1) is 0 Å². The summed E-state index contributed by atoms with van der Waals surface area (Å²) in [5.74, 6) is 0. The van der Waals surface area contributed by atoms with Crippen molar-refractivity contribution >= 4 is 15.7 Å². The van der Waals surface area contributed by atoms with Crippen LogP contribution in [0.1, 0.15) is 17.8 Å². The van der Waals surface area contributed by atoms with Crippen LogP contribution >= 0.6 is 0 Å². The Morgan fingerprint density at radius 3 is 2.48 bits per heavy atom. The van der Waals surface area contributed by atoms with E-state index in [2.05, 4.69) is 10.2 Å². The summed E-state index contributed by atoms with van der Waals surface area (Å²) in [5, 5.41) is 15.4. The lowest BCUT2D eigenvalue weighted by molar-refractivity contribution is 0.590. The zero-order valence-electron chi connectivity index (χ0n) is 11.9. The lowest BCUT2D eigenvalue weighted by Gasteiger charge is -2.23. The van der Waals surface area contributed by atoms with E-state index in [-0.39, 0.29) is 17.9 Å². The van der Waals surface area contributed by atoms with Gasteiger partial charge in [0.2, 0.25) is 0 Å². The summed E-state index contributed by atoms with van der Waals surface area (Å²) in [6, 6.07) is 10.7. The van der Waals surface area contributed by atoms with Crippen LogP contribution in [-0.4, -0.2) is 25.2 Å². The minimum Gasteiger partial charge on any atom is -0.281 e. The van der Waals surface area contributed by atoms with Gasteiger partial charge in [-0.3, -0.25) is 9.40 Å². The first-order valence-corrected chi connectivity index (χ1v) is 7.88. The number of para-hydroxylation sites is 1. The molecule has 0 saturated heterocycles. The van der Waals surface area contributed by atoms with Gasteiger partial charge in [0.1, 0.15) is 4.90 Å². The van der Waals surface area contributed by atoms with Crippen molar-refractivity contribution in [3.63, 3.8) is 0 Å². The molecule has 0 aliphatic rings. The number of nitriles is 1. The molecule has 0 unspecified atom stereocenters. The maximum absolute atomic E-state index is 12.9. The molecule has 0 spiro atoms. The summed E-state index contributed by atoms with van der Waals surface area (Å²) in [6.45, 7) is 3.41. The summed E-state index contributed by atoms with van der Waals surface area (Å²) < 4.78 is 27.0. The Balaban J connectivity index is 2.53. The summed E-state index contributed by atoms with van der Waals surface area (Å²) >= 11 is 0. The first-order chi connectivity index (χ1) is 9.98. The molecular weight excluding hydrogens is 288 g/mol. The Bertz CT molecular complexity index is 741. The number of benzene rings is 1. The largest absolute Gasteiger partial charge is 0.281 e. The van der Waals surface area contributed by atoms with Crippen molar-refractivity contribution < 1.29 is 8.42 Å². The second kappa shape index (κ2) is 5.97. The average Bonchev–Trinajstić information content (AvgIpc) is 2.80. The highest BCUT2D eigenvalue weighted by Crippen LogP contribution is 2.26. The molecule has 0 radical (unpaired) electrons. The number of nitrogens with one attached hydrogen (secondary N) is 1. The molecule has 0 amide bonds. The van der Waals surface area contributed by atoms with E-state index in [0.29, 0.717) is 17.1 Å². The molecule has 21 heavy (non-hydrogen) atoms. The van der Waals surface area contributed by atoms with Gasteiger partial charge in [-0.2, -0.15) is 10.4 Å². The number of aromatic nitrogens is 2. The van der Waals surface area contributed by atoms with Gasteiger partial charge in [-0.1, -0.05) is 18.2 Å². The van der Waals surface area contributed by atoms with Crippen LogP contribution in [0.4, 0.5) is 5.69 Å². The predicted molar refractivity (Wildman–Crippen MR) is 79.3 cm³/mol. The summed E-state index contributed by atoms with van der Waals surface area (Å²) in [7, 11) is -3.76. The molecule has 1 aromatic heterocycles. The molecule has 0 aliphatic carbocycles. The summed E-state index contributed by atoms with van der Waals surface area (Å²) in [5.41, 5.74) is 1.45. The summed E-state index contributed by atoms with van der Waals surface area (Å²) in [6.07, 6.45) is 0.115. The Hall–Kier alpha value is -2.33. The molecule has 1 N–H and O–H groups in total. The molecule has 0 bridgehead atoms. The third-order valence-corrected chi connectivity index (χ3v) is 5.17. The first kappa shape index (κ1) is 15.1. The zero-order chi connectivity index (χ0) is 15.5. The smallest absolute Gasteiger partial charge is 0.268 e. The Kier molecular flexibility index (Phi) is 4.29. The fourth-order valence-corrected chi connectivity index (χ4v) is 3.97. The highest BCUT2D eigenvalue weighted by atomic mass is 32.2. The van der Waals surface area contributed by atoms with Gasteiger partial charge in [0, 0.05) is 6.54 Å². The molecule has 0 aliphatic heterocycles. The van der Waals surface area contributed by atoms with Crippen LogP contribution in [0, 0.1) is 25.2 Å². The number of aryl methyl sites for hydroxylation is 2. The average molecular weight is 304 g/mol. The van der Waals surface area contributed by atoms with E-state index in [1.807, 2.05) is 12.1 Å². The number of hydrogen-bond donors (Lipinski definition) is 1. The van der Waals surface area contributed by atoms with E-state index in [1.54, 1.807) is 38.1 Å². The van der Waals surface area contributed by atoms with Crippen molar-refractivity contribution in [1.29, 1.82) is 5.26 Å². The van der Waals surface area contributed by atoms with Gasteiger partial charge in [0.15, 0.2) is 0 Å². The maximum atomic E-state index is 12.9.